The molecule has 0 rings (SSSR count). The van der Waals surface area contributed by atoms with Gasteiger partial charge in [-0.25, -0.2) is 0 Å². The highest BCUT2D eigenvalue weighted by Crippen LogP contribution is 2.37. The molecule has 0 spiro atoms. The second-order valence-electron chi connectivity index (χ2n) is 5.80. The average Bonchev–Trinajstić information content (AvgIpc) is 2.16. The van der Waals surface area contributed by atoms with Crippen LogP contribution in [0.15, 0.2) is 12.2 Å². The van der Waals surface area contributed by atoms with Gasteiger partial charge in [-0.05, 0) is 24.6 Å². The van der Waals surface area contributed by atoms with Crippen molar-refractivity contribution in [1.82, 2.24) is 0 Å². The molecule has 0 aliphatic heterocycles. The number of aliphatic hydroxyl groups is 1. The highest BCUT2D eigenvalue weighted by atomic mass is 28.4. The van der Waals surface area contributed by atoms with E-state index in [1.54, 1.807) is 6.08 Å². The van der Waals surface area contributed by atoms with Crippen LogP contribution in [0.25, 0.3) is 0 Å². The van der Waals surface area contributed by atoms with Crippen molar-refractivity contribution in [2.24, 2.45) is 0 Å². The van der Waals surface area contributed by atoms with Crippen LogP contribution in [-0.2, 0) is 4.43 Å². The molecule has 1 N–H and O–H groups in total. The first-order valence-electron chi connectivity index (χ1n) is 6.11. The lowest BCUT2D eigenvalue weighted by Gasteiger charge is -2.38. The quantitative estimate of drug-likeness (QED) is 0.447. The number of hydrogen-bond acceptors (Lipinski definition) is 2. The molecule has 0 unspecified atom stereocenters. The Morgan fingerprint density at radius 3 is 2.35 bits per heavy atom. The van der Waals surface area contributed by atoms with Crippen molar-refractivity contribution in [3.63, 3.8) is 0 Å². The second kappa shape index (κ2) is 7.00. The molecule has 0 saturated heterocycles. The Labute approximate surface area is 107 Å². The zero-order valence-corrected chi connectivity index (χ0v) is 12.8. The lowest BCUT2D eigenvalue weighted by Crippen LogP contribution is -2.43. The maximum atomic E-state index is 8.71. The lowest BCUT2D eigenvalue weighted by atomic mass is 10.2. The molecule has 0 amide bonds. The van der Waals surface area contributed by atoms with E-state index in [4.69, 9.17) is 16.0 Å². The van der Waals surface area contributed by atoms with Crippen LogP contribution >= 0.6 is 0 Å². The van der Waals surface area contributed by atoms with E-state index in [0.717, 1.165) is 6.42 Å². The summed E-state index contributed by atoms with van der Waals surface area (Å²) in [4.78, 5) is 0. The fourth-order valence-electron chi connectivity index (χ4n) is 1.22. The molecule has 0 aliphatic rings. The summed E-state index contributed by atoms with van der Waals surface area (Å²) >= 11 is 0. The van der Waals surface area contributed by atoms with Crippen molar-refractivity contribution >= 4 is 8.32 Å². The smallest absolute Gasteiger partial charge is 0.192 e. The lowest BCUT2D eigenvalue weighted by molar-refractivity contribution is 0.188. The van der Waals surface area contributed by atoms with E-state index in [1.807, 2.05) is 6.08 Å². The maximum Gasteiger partial charge on any atom is 0.192 e. The SMILES string of the molecule is C#CC[C@H](C/C=C/CO)O[Si](C)(C)C(C)(C)C. The first-order chi connectivity index (χ1) is 7.74. The molecule has 2 nitrogen and oxygen atoms in total. The summed E-state index contributed by atoms with van der Waals surface area (Å²) in [6, 6.07) is 0. The zero-order valence-electron chi connectivity index (χ0n) is 11.8. The van der Waals surface area contributed by atoms with Gasteiger partial charge in [0.1, 0.15) is 0 Å². The van der Waals surface area contributed by atoms with Gasteiger partial charge < -0.3 is 9.53 Å². The fraction of sp³-hybridized carbons (Fsp3) is 0.714. The number of hydrogen-bond donors (Lipinski definition) is 1. The van der Waals surface area contributed by atoms with E-state index in [0.29, 0.717) is 6.42 Å². The summed E-state index contributed by atoms with van der Waals surface area (Å²) in [5.74, 6) is 2.67. The van der Waals surface area contributed by atoms with E-state index in [-0.39, 0.29) is 17.7 Å². The van der Waals surface area contributed by atoms with Gasteiger partial charge in [0.05, 0.1) is 12.7 Å². The van der Waals surface area contributed by atoms with Crippen LogP contribution in [0.2, 0.25) is 18.1 Å². The van der Waals surface area contributed by atoms with Crippen molar-refractivity contribution in [1.29, 1.82) is 0 Å². The summed E-state index contributed by atoms with van der Waals surface area (Å²) in [7, 11) is -1.76. The Morgan fingerprint density at radius 2 is 1.94 bits per heavy atom. The van der Waals surface area contributed by atoms with Gasteiger partial charge in [0.2, 0.25) is 0 Å². The minimum Gasteiger partial charge on any atom is -0.413 e. The van der Waals surface area contributed by atoms with Gasteiger partial charge in [0.15, 0.2) is 8.32 Å². The first-order valence-corrected chi connectivity index (χ1v) is 9.02. The fourth-order valence-corrected chi connectivity index (χ4v) is 2.59. The molecule has 3 heteroatoms. The van der Waals surface area contributed by atoms with Gasteiger partial charge in [0, 0.05) is 6.42 Å². The monoisotopic (exact) mass is 254 g/mol. The number of aliphatic hydroxyl groups excluding tert-OH is 1. The second-order valence-corrected chi connectivity index (χ2v) is 10.6. The molecular weight excluding hydrogens is 228 g/mol. The van der Waals surface area contributed by atoms with Crippen molar-refractivity contribution in [2.75, 3.05) is 6.61 Å². The molecule has 0 aromatic rings. The van der Waals surface area contributed by atoms with Gasteiger partial charge >= 0.3 is 0 Å². The Hall–Kier alpha value is -0.563. The summed E-state index contributed by atoms with van der Waals surface area (Å²) < 4.78 is 6.25. The van der Waals surface area contributed by atoms with Crippen LogP contribution in [0.1, 0.15) is 33.6 Å². The predicted molar refractivity (Wildman–Crippen MR) is 76.4 cm³/mol. The number of rotatable bonds is 6. The van der Waals surface area contributed by atoms with Crippen molar-refractivity contribution in [3.05, 3.63) is 12.2 Å². The van der Waals surface area contributed by atoms with Crippen molar-refractivity contribution in [3.8, 4) is 12.3 Å². The molecule has 0 aliphatic carbocycles. The first kappa shape index (κ1) is 16.4. The largest absolute Gasteiger partial charge is 0.413 e. The van der Waals surface area contributed by atoms with Gasteiger partial charge in [0.25, 0.3) is 0 Å². The molecule has 0 aromatic carbocycles. The Bertz CT molecular complexity index is 282. The maximum absolute atomic E-state index is 8.71. The molecule has 0 fully saturated rings. The van der Waals surface area contributed by atoms with Crippen LogP contribution in [0.4, 0.5) is 0 Å². The van der Waals surface area contributed by atoms with Crippen LogP contribution in [0, 0.1) is 12.3 Å². The van der Waals surface area contributed by atoms with Gasteiger partial charge in [-0.2, -0.15) is 0 Å². The Morgan fingerprint density at radius 1 is 1.35 bits per heavy atom. The normalized spacial score (nSPS) is 14.9. The minimum absolute atomic E-state index is 0.0723. The highest BCUT2D eigenvalue weighted by molar-refractivity contribution is 6.74. The molecule has 1 atom stereocenters. The molecule has 0 radical (unpaired) electrons. The highest BCUT2D eigenvalue weighted by Gasteiger charge is 2.38. The average molecular weight is 254 g/mol. The Balaban J connectivity index is 4.54. The Kier molecular flexibility index (Phi) is 6.77. The standard InChI is InChI=1S/C14H26O2Si/c1-7-10-13(11-8-9-12-15)16-17(5,6)14(2,3)4/h1,8-9,13,15H,10-12H2,2-6H3/b9-8+/t13-/m1/s1. The van der Waals surface area contributed by atoms with Gasteiger partial charge in [-0.3, -0.25) is 0 Å². The molecule has 0 saturated carbocycles. The summed E-state index contributed by atoms with van der Waals surface area (Å²) in [6.45, 7) is 11.2. The van der Waals surface area contributed by atoms with E-state index in [9.17, 15) is 0 Å². The van der Waals surface area contributed by atoms with E-state index in [2.05, 4.69) is 39.8 Å². The minimum atomic E-state index is -1.76. The van der Waals surface area contributed by atoms with E-state index in [1.165, 1.54) is 0 Å². The molecule has 98 valence electrons. The topological polar surface area (TPSA) is 29.5 Å². The third-order valence-electron chi connectivity index (χ3n) is 3.28. The van der Waals surface area contributed by atoms with E-state index < -0.39 is 8.32 Å². The molecule has 0 aromatic heterocycles. The summed E-state index contributed by atoms with van der Waals surface area (Å²) in [5.41, 5.74) is 0. The van der Waals surface area contributed by atoms with Crippen molar-refractivity contribution in [2.45, 2.75) is 57.8 Å². The predicted octanol–water partition coefficient (Wildman–Crippen LogP) is 3.34. The summed E-state index contributed by atoms with van der Waals surface area (Å²) in [5, 5.41) is 8.91. The van der Waals surface area contributed by atoms with Crippen molar-refractivity contribution < 1.29 is 9.53 Å². The zero-order chi connectivity index (χ0) is 13.5. The van der Waals surface area contributed by atoms with Crippen LogP contribution in [0.5, 0.6) is 0 Å². The van der Waals surface area contributed by atoms with Gasteiger partial charge in [-0.1, -0.05) is 32.9 Å². The molecule has 0 bridgehead atoms. The molecular formula is C14H26O2Si. The third-order valence-corrected chi connectivity index (χ3v) is 7.82. The van der Waals surface area contributed by atoms with Crippen LogP contribution < -0.4 is 0 Å². The van der Waals surface area contributed by atoms with Crippen LogP contribution in [-0.4, -0.2) is 26.1 Å². The third kappa shape index (κ3) is 6.07. The molecule has 17 heavy (non-hydrogen) atoms. The summed E-state index contributed by atoms with van der Waals surface area (Å²) in [6.07, 6.45) is 10.5. The van der Waals surface area contributed by atoms with E-state index >= 15 is 0 Å². The molecule has 0 heterocycles. The van der Waals surface area contributed by atoms with Crippen LogP contribution in [0.3, 0.4) is 0 Å². The van der Waals surface area contributed by atoms with Gasteiger partial charge in [-0.15, -0.1) is 12.3 Å². The number of terminal acetylenes is 1.